The second-order valence-electron chi connectivity index (χ2n) is 5.17. The van der Waals surface area contributed by atoms with E-state index in [0.717, 1.165) is 24.2 Å². The number of hydrogen-bond donors (Lipinski definition) is 2. The smallest absolute Gasteiger partial charge is 0.220 e. The normalized spacial score (nSPS) is 11.0. The van der Waals surface area contributed by atoms with Crippen molar-refractivity contribution in [2.45, 2.75) is 32.7 Å². The summed E-state index contributed by atoms with van der Waals surface area (Å²) in [4.78, 5) is 13.9. The van der Waals surface area contributed by atoms with E-state index in [9.17, 15) is 4.79 Å². The van der Waals surface area contributed by atoms with E-state index >= 15 is 0 Å². The molecule has 0 aliphatic heterocycles. The van der Waals surface area contributed by atoms with Gasteiger partial charge in [-0.1, -0.05) is 12.1 Å². The van der Waals surface area contributed by atoms with Crippen LogP contribution in [0.1, 0.15) is 25.8 Å². The Labute approximate surface area is 116 Å². The van der Waals surface area contributed by atoms with Crippen molar-refractivity contribution in [3.63, 3.8) is 0 Å². The number of nitrogens with zero attached hydrogens (tertiary/aromatic N) is 1. The van der Waals surface area contributed by atoms with Gasteiger partial charge in [0, 0.05) is 31.2 Å². The van der Waals surface area contributed by atoms with E-state index in [1.165, 1.54) is 0 Å². The largest absolute Gasteiger partial charge is 0.399 e. The number of aryl methyl sites for hydroxylation is 1. The van der Waals surface area contributed by atoms with Gasteiger partial charge in [-0.2, -0.15) is 0 Å². The summed E-state index contributed by atoms with van der Waals surface area (Å²) in [5.74, 6) is 0.0968. The van der Waals surface area contributed by atoms with Gasteiger partial charge in [-0.25, -0.2) is 0 Å². The average molecular weight is 263 g/mol. The molecule has 1 rings (SSSR count). The first kappa shape index (κ1) is 15.5. The van der Waals surface area contributed by atoms with Crippen LogP contribution in [0, 0.1) is 0 Å². The maximum absolute atomic E-state index is 11.7. The predicted octanol–water partition coefficient (Wildman–Crippen LogP) is 1.66. The fourth-order valence-corrected chi connectivity index (χ4v) is 1.72. The summed E-state index contributed by atoms with van der Waals surface area (Å²) in [6, 6.07) is 8.19. The minimum absolute atomic E-state index is 0.0968. The Hall–Kier alpha value is -1.55. The molecule has 0 saturated carbocycles. The summed E-state index contributed by atoms with van der Waals surface area (Å²) in [6.45, 7) is 5.86. The number of anilines is 1. The molecule has 0 spiro atoms. The third kappa shape index (κ3) is 6.25. The zero-order valence-corrected chi connectivity index (χ0v) is 12.1. The van der Waals surface area contributed by atoms with Crippen LogP contribution in [-0.4, -0.2) is 37.0 Å². The zero-order valence-electron chi connectivity index (χ0n) is 12.1. The first-order chi connectivity index (χ1) is 8.99. The number of amides is 1. The molecule has 3 N–H and O–H groups in total. The molecule has 0 heterocycles. The first-order valence-electron chi connectivity index (χ1n) is 6.80. The second-order valence-corrected chi connectivity index (χ2v) is 5.17. The molecule has 19 heavy (non-hydrogen) atoms. The molecule has 0 unspecified atom stereocenters. The molecular weight excluding hydrogens is 238 g/mol. The van der Waals surface area contributed by atoms with Crippen molar-refractivity contribution >= 4 is 11.6 Å². The molecule has 1 aromatic carbocycles. The molecule has 0 radical (unpaired) electrons. The summed E-state index contributed by atoms with van der Waals surface area (Å²) in [5, 5.41) is 2.94. The Balaban J connectivity index is 2.21. The standard InChI is InChI=1S/C15H25N3O/c1-12(2)18(3)10-9-17-15(19)8-7-13-5-4-6-14(16)11-13/h4-6,11-12H,7-10,16H2,1-3H3,(H,17,19). The zero-order chi connectivity index (χ0) is 14.3. The van der Waals surface area contributed by atoms with E-state index in [4.69, 9.17) is 5.73 Å². The highest BCUT2D eigenvalue weighted by Crippen LogP contribution is 2.08. The maximum Gasteiger partial charge on any atom is 0.220 e. The van der Waals surface area contributed by atoms with Gasteiger partial charge in [0.25, 0.3) is 0 Å². The molecule has 106 valence electrons. The topological polar surface area (TPSA) is 58.4 Å². The van der Waals surface area contributed by atoms with Crippen molar-refractivity contribution in [3.05, 3.63) is 29.8 Å². The van der Waals surface area contributed by atoms with E-state index in [-0.39, 0.29) is 5.91 Å². The van der Waals surface area contributed by atoms with Gasteiger partial charge < -0.3 is 16.0 Å². The summed E-state index contributed by atoms with van der Waals surface area (Å²) in [6.07, 6.45) is 1.24. The van der Waals surface area contributed by atoms with Crippen LogP contribution in [-0.2, 0) is 11.2 Å². The van der Waals surface area contributed by atoms with Crippen molar-refractivity contribution in [3.8, 4) is 0 Å². The van der Waals surface area contributed by atoms with E-state index < -0.39 is 0 Å². The lowest BCUT2D eigenvalue weighted by Gasteiger charge is -2.20. The summed E-state index contributed by atoms with van der Waals surface area (Å²) < 4.78 is 0. The Morgan fingerprint density at radius 2 is 2.16 bits per heavy atom. The molecular formula is C15H25N3O. The average Bonchev–Trinajstić information content (AvgIpc) is 2.36. The van der Waals surface area contributed by atoms with Gasteiger partial charge in [-0.05, 0) is 45.0 Å². The van der Waals surface area contributed by atoms with Crippen LogP contribution < -0.4 is 11.1 Å². The fraction of sp³-hybridized carbons (Fsp3) is 0.533. The monoisotopic (exact) mass is 263 g/mol. The minimum atomic E-state index is 0.0968. The molecule has 1 amide bonds. The number of hydrogen-bond acceptors (Lipinski definition) is 3. The minimum Gasteiger partial charge on any atom is -0.399 e. The molecule has 0 aromatic heterocycles. The van der Waals surface area contributed by atoms with Crippen molar-refractivity contribution in [2.75, 3.05) is 25.9 Å². The van der Waals surface area contributed by atoms with E-state index in [1.54, 1.807) is 0 Å². The van der Waals surface area contributed by atoms with Crippen LogP contribution in [0.5, 0.6) is 0 Å². The van der Waals surface area contributed by atoms with Crippen LogP contribution in [0.2, 0.25) is 0 Å². The van der Waals surface area contributed by atoms with Crippen LogP contribution in [0.15, 0.2) is 24.3 Å². The van der Waals surface area contributed by atoms with Crippen molar-refractivity contribution in [1.29, 1.82) is 0 Å². The highest BCUT2D eigenvalue weighted by atomic mass is 16.1. The third-order valence-corrected chi connectivity index (χ3v) is 3.26. The molecule has 0 aliphatic rings. The molecule has 4 heteroatoms. The number of nitrogen functional groups attached to an aromatic ring is 1. The Kier molecular flexibility index (Phi) is 6.36. The number of rotatable bonds is 7. The highest BCUT2D eigenvalue weighted by molar-refractivity contribution is 5.76. The lowest BCUT2D eigenvalue weighted by Crippen LogP contribution is -2.36. The maximum atomic E-state index is 11.7. The quantitative estimate of drug-likeness (QED) is 0.736. The summed E-state index contributed by atoms with van der Waals surface area (Å²) in [7, 11) is 2.06. The Morgan fingerprint density at radius 3 is 2.79 bits per heavy atom. The van der Waals surface area contributed by atoms with Gasteiger partial charge in [0.1, 0.15) is 0 Å². The fourth-order valence-electron chi connectivity index (χ4n) is 1.72. The highest BCUT2D eigenvalue weighted by Gasteiger charge is 2.05. The predicted molar refractivity (Wildman–Crippen MR) is 80.0 cm³/mol. The van der Waals surface area contributed by atoms with E-state index in [0.29, 0.717) is 19.0 Å². The molecule has 1 aromatic rings. The lowest BCUT2D eigenvalue weighted by atomic mass is 10.1. The number of carbonyl (C=O) groups excluding carboxylic acids is 1. The molecule has 0 saturated heterocycles. The molecule has 0 fully saturated rings. The second kappa shape index (κ2) is 7.79. The number of nitrogens with two attached hydrogens (primary N) is 1. The third-order valence-electron chi connectivity index (χ3n) is 3.26. The Morgan fingerprint density at radius 1 is 1.42 bits per heavy atom. The first-order valence-corrected chi connectivity index (χ1v) is 6.80. The number of benzene rings is 1. The lowest BCUT2D eigenvalue weighted by molar-refractivity contribution is -0.121. The van der Waals surface area contributed by atoms with Crippen molar-refractivity contribution in [2.24, 2.45) is 0 Å². The van der Waals surface area contributed by atoms with Gasteiger partial charge in [0.15, 0.2) is 0 Å². The summed E-state index contributed by atoms with van der Waals surface area (Å²) in [5.41, 5.74) is 7.55. The van der Waals surface area contributed by atoms with Crippen LogP contribution in [0.3, 0.4) is 0 Å². The van der Waals surface area contributed by atoms with Crippen molar-refractivity contribution < 1.29 is 4.79 Å². The van der Waals surface area contributed by atoms with Crippen LogP contribution >= 0.6 is 0 Å². The molecule has 4 nitrogen and oxygen atoms in total. The van der Waals surface area contributed by atoms with E-state index in [2.05, 4.69) is 31.1 Å². The van der Waals surface area contributed by atoms with Crippen molar-refractivity contribution in [1.82, 2.24) is 10.2 Å². The van der Waals surface area contributed by atoms with Gasteiger partial charge in [-0.3, -0.25) is 4.79 Å². The number of likely N-dealkylation sites (N-methyl/N-ethyl adjacent to an activating group) is 1. The van der Waals surface area contributed by atoms with Crippen LogP contribution in [0.25, 0.3) is 0 Å². The Bertz CT molecular complexity index is 404. The molecule has 0 atom stereocenters. The van der Waals surface area contributed by atoms with Gasteiger partial charge in [0.2, 0.25) is 5.91 Å². The molecule has 0 aliphatic carbocycles. The van der Waals surface area contributed by atoms with Gasteiger partial charge >= 0.3 is 0 Å². The number of carbonyl (C=O) groups is 1. The van der Waals surface area contributed by atoms with E-state index in [1.807, 2.05) is 24.3 Å². The van der Waals surface area contributed by atoms with Gasteiger partial charge in [-0.15, -0.1) is 0 Å². The van der Waals surface area contributed by atoms with Crippen LogP contribution in [0.4, 0.5) is 5.69 Å². The SMILES string of the molecule is CC(C)N(C)CCNC(=O)CCc1cccc(N)c1. The number of nitrogens with one attached hydrogen (secondary N) is 1. The summed E-state index contributed by atoms with van der Waals surface area (Å²) >= 11 is 0. The molecule has 0 bridgehead atoms. The van der Waals surface area contributed by atoms with Gasteiger partial charge in [0.05, 0.1) is 0 Å².